The Balaban J connectivity index is 2.67. The van der Waals surface area contributed by atoms with Crippen LogP contribution in [0.25, 0.3) is 0 Å². The van der Waals surface area contributed by atoms with Gasteiger partial charge in [0.05, 0.1) is 24.9 Å². The molecule has 0 aromatic rings. The van der Waals surface area contributed by atoms with Gasteiger partial charge in [-0.3, -0.25) is 18.6 Å². The third kappa shape index (κ3) is 30.4. The topological polar surface area (TPSA) is 270 Å². The van der Waals surface area contributed by atoms with E-state index in [0.29, 0.717) is 19.3 Å². The van der Waals surface area contributed by atoms with E-state index in [2.05, 4.69) is 55.5 Å². The standard InChI is InChI=1S/C51H77O16P/c1-3-5-7-8-9-10-11-12-13-14-15-16-17-18-19-20-21-26-30-36-44(55)64-38-41(39-65-68(62,63)67-51-49(60)47(58)46(57)48(59)50(51)61)66-45(56)37-31-35-43(54)42(53)34-29-25-23-22-24-28-33-40(52)32-27-6-4-2/h5-7,9-10,12-13,15-16,18-19,21-29,33-34,40-43,46-54,57-61H,3-4,8,11,14,17,20,30-32,35-39H2,1-2H3,(H,62,63)/b7-5-,10-9-,13-12-,16-15-,19-18-,24-22+,25-23-,26-21-,27-6-,33-28+,34-29-/t40-,41+,42+,43+,46?,47-,48+,49+,50+,51?/m0/s1. The van der Waals surface area contributed by atoms with Crippen LogP contribution in [0, 0.1) is 0 Å². The lowest BCUT2D eigenvalue weighted by atomic mass is 9.85. The molecule has 0 heterocycles. The molecule has 0 aromatic carbocycles. The highest BCUT2D eigenvalue weighted by atomic mass is 31.2. The number of allylic oxidation sites excluding steroid dienone is 19. The number of esters is 2. The zero-order valence-corrected chi connectivity index (χ0v) is 40.3. The molecular weight excluding hydrogens is 900 g/mol. The Kier molecular flexibility index (Phi) is 35.2. The number of carbonyl (C=O) groups is 2. The average molecular weight is 977 g/mol. The minimum atomic E-state index is -5.25. The van der Waals surface area contributed by atoms with Crippen LogP contribution in [0.15, 0.2) is 134 Å². The van der Waals surface area contributed by atoms with Gasteiger partial charge in [-0.1, -0.05) is 148 Å². The molecule has 68 heavy (non-hydrogen) atoms. The molecule has 1 rings (SSSR count). The molecule has 0 aromatic heterocycles. The van der Waals surface area contributed by atoms with Gasteiger partial charge in [-0.25, -0.2) is 4.57 Å². The highest BCUT2D eigenvalue weighted by Crippen LogP contribution is 2.47. The van der Waals surface area contributed by atoms with E-state index < -0.39 is 94.0 Å². The number of phosphoric acid groups is 1. The fourth-order valence-electron chi connectivity index (χ4n) is 6.01. The van der Waals surface area contributed by atoms with E-state index in [1.54, 1.807) is 42.5 Å². The fourth-order valence-corrected chi connectivity index (χ4v) is 6.98. The summed E-state index contributed by atoms with van der Waals surface area (Å²) in [6.45, 7) is 2.62. The molecule has 0 aliphatic heterocycles. The van der Waals surface area contributed by atoms with Crippen molar-refractivity contribution in [3.63, 3.8) is 0 Å². The summed E-state index contributed by atoms with van der Waals surface area (Å²) in [5.41, 5.74) is 0. The van der Waals surface area contributed by atoms with Gasteiger partial charge in [0.1, 0.15) is 43.2 Å². The summed E-state index contributed by atoms with van der Waals surface area (Å²) in [6.07, 6.45) is 31.5. The second-order valence-electron chi connectivity index (χ2n) is 15.7. The SMILES string of the molecule is CC/C=C\C/C=C\C/C=C\C/C=C\C/C=C\C/C=C\CCC(=O)OC[C@H](COP(=O)(O)OC1[C@H](O)[C@H](O)C(O)[C@H](O)[C@H]1O)OC(=O)CCC[C@@H](O)[C@H](O)\C=C/C=C\C=C\C=C\[C@@H](O)C/C=C\CC. The second kappa shape index (κ2) is 38.7. The number of aliphatic hydroxyl groups is 8. The van der Waals surface area contributed by atoms with E-state index in [1.165, 1.54) is 12.2 Å². The first-order valence-electron chi connectivity index (χ1n) is 23.3. The van der Waals surface area contributed by atoms with E-state index in [4.69, 9.17) is 18.5 Å². The molecule has 17 heteroatoms. The lowest BCUT2D eigenvalue weighted by Gasteiger charge is -2.41. The molecule has 16 nitrogen and oxygen atoms in total. The Labute approximate surface area is 402 Å². The van der Waals surface area contributed by atoms with Gasteiger partial charge in [0, 0.05) is 12.8 Å². The van der Waals surface area contributed by atoms with Crippen LogP contribution in [-0.4, -0.2) is 132 Å². The first kappa shape index (κ1) is 61.9. The smallest absolute Gasteiger partial charge is 0.462 e. The van der Waals surface area contributed by atoms with E-state index in [-0.39, 0.29) is 25.7 Å². The Morgan fingerprint density at radius 1 is 0.574 bits per heavy atom. The van der Waals surface area contributed by atoms with Crippen LogP contribution >= 0.6 is 7.82 Å². The molecule has 1 aliphatic carbocycles. The molecule has 11 atom stereocenters. The van der Waals surface area contributed by atoms with Crippen LogP contribution in [0.2, 0.25) is 0 Å². The fraction of sp³-hybridized carbons (Fsp3) is 0.529. The second-order valence-corrected chi connectivity index (χ2v) is 17.1. The molecule has 0 bridgehead atoms. The van der Waals surface area contributed by atoms with Crippen molar-refractivity contribution in [1.82, 2.24) is 0 Å². The summed E-state index contributed by atoms with van der Waals surface area (Å²) in [4.78, 5) is 35.7. The van der Waals surface area contributed by atoms with Gasteiger partial charge in [0.15, 0.2) is 6.10 Å². The molecule has 1 fully saturated rings. The van der Waals surface area contributed by atoms with Crippen LogP contribution in [0.5, 0.6) is 0 Å². The predicted molar refractivity (Wildman–Crippen MR) is 261 cm³/mol. The van der Waals surface area contributed by atoms with Crippen molar-refractivity contribution >= 4 is 19.8 Å². The van der Waals surface area contributed by atoms with Crippen molar-refractivity contribution in [2.75, 3.05) is 13.2 Å². The maximum absolute atomic E-state index is 12.8. The molecule has 0 radical (unpaired) electrons. The zero-order chi connectivity index (χ0) is 50.4. The van der Waals surface area contributed by atoms with Crippen molar-refractivity contribution in [1.29, 1.82) is 0 Å². The Hall–Kier alpha value is -4.13. The number of hydrogen-bond acceptors (Lipinski definition) is 15. The predicted octanol–water partition coefficient (Wildman–Crippen LogP) is 6.07. The number of rotatable bonds is 35. The summed E-state index contributed by atoms with van der Waals surface area (Å²) in [5, 5.41) is 80.8. The third-order valence-electron chi connectivity index (χ3n) is 9.84. The van der Waals surface area contributed by atoms with Crippen LogP contribution < -0.4 is 0 Å². The Morgan fingerprint density at radius 3 is 1.59 bits per heavy atom. The maximum atomic E-state index is 12.8. The lowest BCUT2D eigenvalue weighted by molar-refractivity contribution is -0.220. The van der Waals surface area contributed by atoms with Crippen molar-refractivity contribution in [3.05, 3.63) is 134 Å². The molecule has 0 saturated heterocycles. The van der Waals surface area contributed by atoms with Crippen molar-refractivity contribution in [2.45, 2.75) is 158 Å². The zero-order valence-electron chi connectivity index (χ0n) is 39.4. The summed E-state index contributed by atoms with van der Waals surface area (Å²) in [6, 6.07) is 0. The minimum absolute atomic E-state index is 0.0202. The van der Waals surface area contributed by atoms with Crippen LogP contribution in [-0.2, 0) is 32.7 Å². The number of hydrogen-bond donors (Lipinski definition) is 9. The van der Waals surface area contributed by atoms with Gasteiger partial charge in [-0.15, -0.1) is 0 Å². The molecule has 3 unspecified atom stereocenters. The Bertz CT molecular complexity index is 1740. The number of aliphatic hydroxyl groups excluding tert-OH is 8. The van der Waals surface area contributed by atoms with Gasteiger partial charge in [0.2, 0.25) is 0 Å². The molecule has 0 spiro atoms. The minimum Gasteiger partial charge on any atom is -0.462 e. The van der Waals surface area contributed by atoms with Crippen molar-refractivity contribution in [3.8, 4) is 0 Å². The maximum Gasteiger partial charge on any atom is 0.472 e. The highest BCUT2D eigenvalue weighted by molar-refractivity contribution is 7.47. The van der Waals surface area contributed by atoms with Gasteiger partial charge >= 0.3 is 19.8 Å². The van der Waals surface area contributed by atoms with Gasteiger partial charge in [-0.05, 0) is 70.6 Å². The summed E-state index contributed by atoms with van der Waals surface area (Å²) < 4.78 is 33.2. The first-order chi connectivity index (χ1) is 32.6. The van der Waals surface area contributed by atoms with Crippen LogP contribution in [0.1, 0.15) is 97.3 Å². The first-order valence-corrected chi connectivity index (χ1v) is 24.8. The van der Waals surface area contributed by atoms with Gasteiger partial charge < -0.3 is 55.2 Å². The molecule has 382 valence electrons. The highest BCUT2D eigenvalue weighted by Gasteiger charge is 2.51. The van der Waals surface area contributed by atoms with Crippen molar-refractivity contribution < 1.29 is 78.4 Å². The average Bonchev–Trinajstić information content (AvgIpc) is 3.31. The van der Waals surface area contributed by atoms with Gasteiger partial charge in [-0.2, -0.15) is 0 Å². The molecular formula is C51H77O16P. The van der Waals surface area contributed by atoms with Gasteiger partial charge in [0.25, 0.3) is 0 Å². The molecule has 1 aliphatic rings. The summed E-state index contributed by atoms with van der Waals surface area (Å²) in [7, 11) is -5.25. The molecule has 9 N–H and O–H groups in total. The van der Waals surface area contributed by atoms with Crippen molar-refractivity contribution in [2.24, 2.45) is 0 Å². The molecule has 1 saturated carbocycles. The number of phosphoric ester groups is 1. The van der Waals surface area contributed by atoms with Crippen LogP contribution in [0.3, 0.4) is 0 Å². The summed E-state index contributed by atoms with van der Waals surface area (Å²) >= 11 is 0. The number of carbonyl (C=O) groups excluding carboxylic acids is 2. The van der Waals surface area contributed by atoms with E-state index in [0.717, 1.165) is 38.5 Å². The monoisotopic (exact) mass is 976 g/mol. The summed E-state index contributed by atoms with van der Waals surface area (Å²) in [5.74, 6) is -1.55. The lowest BCUT2D eigenvalue weighted by Crippen LogP contribution is -2.64. The molecule has 0 amide bonds. The largest absolute Gasteiger partial charge is 0.472 e. The number of ether oxygens (including phenoxy) is 2. The normalized spacial score (nSPS) is 23.6. The third-order valence-corrected chi connectivity index (χ3v) is 10.8. The van der Waals surface area contributed by atoms with E-state index in [9.17, 15) is 59.9 Å². The van der Waals surface area contributed by atoms with E-state index >= 15 is 0 Å². The quantitative estimate of drug-likeness (QED) is 0.0151. The van der Waals surface area contributed by atoms with Crippen LogP contribution in [0.4, 0.5) is 0 Å². The Morgan fingerprint density at radius 2 is 1.04 bits per heavy atom. The van der Waals surface area contributed by atoms with E-state index in [1.807, 2.05) is 37.3 Å².